The van der Waals surface area contributed by atoms with Crippen LogP contribution in [0.15, 0.2) is 12.1 Å². The summed E-state index contributed by atoms with van der Waals surface area (Å²) in [5, 5.41) is 8.34. The predicted octanol–water partition coefficient (Wildman–Crippen LogP) is 1.59. The second-order valence-electron chi connectivity index (χ2n) is 2.78. The number of nitrogens with one attached hydrogen (secondary N) is 1. The molecule has 1 rings (SSSR count). The van der Waals surface area contributed by atoms with Gasteiger partial charge in [-0.3, -0.25) is 0 Å². The maximum Gasteiger partial charge on any atom is 0.164 e. The van der Waals surface area contributed by atoms with Crippen LogP contribution in [0, 0.1) is 11.6 Å². The molecule has 0 fully saturated rings. The highest BCUT2D eigenvalue weighted by Crippen LogP contribution is 2.16. The highest BCUT2D eigenvalue weighted by Gasteiger charge is 2.12. The SMILES string of the molecule is COCc1ccc(CNO)c(F)c1F. The van der Waals surface area contributed by atoms with E-state index in [0.717, 1.165) is 0 Å². The van der Waals surface area contributed by atoms with Gasteiger partial charge in [0.15, 0.2) is 11.6 Å². The molecular formula is C9H11F2NO2. The molecule has 0 aromatic heterocycles. The summed E-state index contributed by atoms with van der Waals surface area (Å²) in [5.41, 5.74) is 2.00. The number of ether oxygens (including phenoxy) is 1. The molecule has 78 valence electrons. The summed E-state index contributed by atoms with van der Waals surface area (Å²) in [4.78, 5) is 0. The molecule has 2 N–H and O–H groups in total. The van der Waals surface area contributed by atoms with E-state index in [0.29, 0.717) is 0 Å². The summed E-state index contributed by atoms with van der Waals surface area (Å²) >= 11 is 0. The lowest BCUT2D eigenvalue weighted by Gasteiger charge is -2.06. The third-order valence-electron chi connectivity index (χ3n) is 1.81. The number of rotatable bonds is 4. The minimum atomic E-state index is -0.957. The third-order valence-corrected chi connectivity index (χ3v) is 1.81. The molecular weight excluding hydrogens is 192 g/mol. The number of benzene rings is 1. The highest BCUT2D eigenvalue weighted by atomic mass is 19.2. The average molecular weight is 203 g/mol. The van der Waals surface area contributed by atoms with E-state index in [1.807, 2.05) is 0 Å². The first kappa shape index (κ1) is 11.0. The maximum atomic E-state index is 13.2. The molecule has 0 aliphatic carbocycles. The fourth-order valence-electron chi connectivity index (χ4n) is 1.12. The van der Waals surface area contributed by atoms with Crippen molar-refractivity contribution in [3.63, 3.8) is 0 Å². The Hall–Kier alpha value is -1.04. The number of halogens is 2. The zero-order chi connectivity index (χ0) is 10.6. The summed E-state index contributed by atoms with van der Waals surface area (Å²) in [6.07, 6.45) is 0. The molecule has 0 saturated heterocycles. The molecule has 0 spiro atoms. The van der Waals surface area contributed by atoms with Gasteiger partial charge < -0.3 is 9.94 Å². The van der Waals surface area contributed by atoms with Gasteiger partial charge in [0.1, 0.15) is 0 Å². The largest absolute Gasteiger partial charge is 0.380 e. The Kier molecular flexibility index (Phi) is 3.94. The van der Waals surface area contributed by atoms with Crippen molar-refractivity contribution >= 4 is 0 Å². The predicted molar refractivity (Wildman–Crippen MR) is 45.7 cm³/mol. The van der Waals surface area contributed by atoms with E-state index in [1.54, 1.807) is 5.48 Å². The molecule has 14 heavy (non-hydrogen) atoms. The molecule has 1 aromatic rings. The van der Waals surface area contributed by atoms with Crippen molar-refractivity contribution in [2.24, 2.45) is 0 Å². The Morgan fingerprint density at radius 3 is 2.43 bits per heavy atom. The van der Waals surface area contributed by atoms with Crippen molar-refractivity contribution in [3.8, 4) is 0 Å². The number of hydrogen-bond acceptors (Lipinski definition) is 3. The Balaban J connectivity index is 2.99. The minimum Gasteiger partial charge on any atom is -0.380 e. The van der Waals surface area contributed by atoms with Gasteiger partial charge in [0.05, 0.1) is 6.61 Å². The lowest BCUT2D eigenvalue weighted by molar-refractivity contribution is 0.159. The van der Waals surface area contributed by atoms with Crippen molar-refractivity contribution in [2.75, 3.05) is 7.11 Å². The van der Waals surface area contributed by atoms with Crippen LogP contribution in [0.25, 0.3) is 0 Å². The van der Waals surface area contributed by atoms with Gasteiger partial charge in [0.25, 0.3) is 0 Å². The van der Waals surface area contributed by atoms with E-state index >= 15 is 0 Å². The quantitative estimate of drug-likeness (QED) is 0.730. The van der Waals surface area contributed by atoms with Gasteiger partial charge >= 0.3 is 0 Å². The molecule has 0 atom stereocenters. The fourth-order valence-corrected chi connectivity index (χ4v) is 1.12. The van der Waals surface area contributed by atoms with Crippen molar-refractivity contribution in [3.05, 3.63) is 34.9 Å². The normalized spacial score (nSPS) is 10.6. The topological polar surface area (TPSA) is 41.5 Å². The van der Waals surface area contributed by atoms with Crippen LogP contribution in [-0.4, -0.2) is 12.3 Å². The first-order valence-corrected chi connectivity index (χ1v) is 4.02. The van der Waals surface area contributed by atoms with E-state index in [1.165, 1.54) is 19.2 Å². The minimum absolute atomic E-state index is 0.0234. The Morgan fingerprint density at radius 1 is 1.29 bits per heavy atom. The van der Waals surface area contributed by atoms with Gasteiger partial charge in [-0.2, -0.15) is 0 Å². The Labute approximate surface area is 80.3 Å². The maximum absolute atomic E-state index is 13.2. The van der Waals surface area contributed by atoms with Gasteiger partial charge in [-0.25, -0.2) is 14.3 Å². The molecule has 5 heteroatoms. The smallest absolute Gasteiger partial charge is 0.164 e. The summed E-state index contributed by atoms with van der Waals surface area (Å²) in [7, 11) is 1.40. The molecule has 0 saturated carbocycles. The molecule has 1 aromatic carbocycles. The number of hydrogen-bond donors (Lipinski definition) is 2. The first-order chi connectivity index (χ1) is 6.70. The van der Waals surface area contributed by atoms with Gasteiger partial charge in [0.2, 0.25) is 0 Å². The third kappa shape index (κ3) is 2.25. The second kappa shape index (κ2) is 4.99. The monoisotopic (exact) mass is 203 g/mol. The van der Waals surface area contributed by atoms with Crippen LogP contribution in [0.2, 0.25) is 0 Å². The zero-order valence-corrected chi connectivity index (χ0v) is 7.68. The van der Waals surface area contributed by atoms with Crippen LogP contribution < -0.4 is 5.48 Å². The van der Waals surface area contributed by atoms with E-state index < -0.39 is 11.6 Å². The Bertz CT molecular complexity index is 287. The van der Waals surface area contributed by atoms with Gasteiger partial charge in [-0.05, 0) is 0 Å². The standard InChI is InChI=1S/C9H11F2NO2/c1-14-5-7-3-2-6(4-12-13)8(10)9(7)11/h2-3,12-13H,4-5H2,1H3. The lowest BCUT2D eigenvalue weighted by Crippen LogP contribution is -2.10. The van der Waals surface area contributed by atoms with Gasteiger partial charge in [-0.15, -0.1) is 0 Å². The van der Waals surface area contributed by atoms with Crippen molar-refractivity contribution < 1.29 is 18.7 Å². The van der Waals surface area contributed by atoms with Gasteiger partial charge in [0, 0.05) is 24.8 Å². The summed E-state index contributed by atoms with van der Waals surface area (Å²) in [6.45, 7) is -0.106. The van der Waals surface area contributed by atoms with Crippen LogP contribution in [0.4, 0.5) is 8.78 Å². The molecule has 0 radical (unpaired) electrons. The van der Waals surface area contributed by atoms with Crippen LogP contribution in [0.3, 0.4) is 0 Å². The van der Waals surface area contributed by atoms with E-state index in [9.17, 15) is 8.78 Å². The molecule has 0 unspecified atom stereocenters. The lowest BCUT2D eigenvalue weighted by atomic mass is 10.1. The molecule has 3 nitrogen and oxygen atoms in total. The van der Waals surface area contributed by atoms with Crippen LogP contribution in [-0.2, 0) is 17.9 Å². The Morgan fingerprint density at radius 2 is 1.86 bits per heavy atom. The van der Waals surface area contributed by atoms with E-state index in [-0.39, 0.29) is 24.3 Å². The van der Waals surface area contributed by atoms with Crippen molar-refractivity contribution in [1.82, 2.24) is 5.48 Å². The van der Waals surface area contributed by atoms with Crippen LogP contribution in [0.5, 0.6) is 0 Å². The van der Waals surface area contributed by atoms with E-state index in [4.69, 9.17) is 9.94 Å². The summed E-state index contributed by atoms with van der Waals surface area (Å²) in [5.74, 6) is -1.89. The number of hydroxylamine groups is 1. The highest BCUT2D eigenvalue weighted by molar-refractivity contribution is 5.25. The molecule has 0 aliphatic rings. The van der Waals surface area contributed by atoms with Crippen molar-refractivity contribution in [1.29, 1.82) is 0 Å². The van der Waals surface area contributed by atoms with Crippen LogP contribution in [0.1, 0.15) is 11.1 Å². The van der Waals surface area contributed by atoms with Crippen molar-refractivity contribution in [2.45, 2.75) is 13.2 Å². The fraction of sp³-hybridized carbons (Fsp3) is 0.333. The summed E-state index contributed by atoms with van der Waals surface area (Å²) < 4.78 is 31.1. The van der Waals surface area contributed by atoms with Crippen LogP contribution >= 0.6 is 0 Å². The molecule has 0 amide bonds. The zero-order valence-electron chi connectivity index (χ0n) is 7.68. The molecule has 0 aliphatic heterocycles. The first-order valence-electron chi connectivity index (χ1n) is 4.02. The molecule has 0 bridgehead atoms. The van der Waals surface area contributed by atoms with E-state index in [2.05, 4.69) is 0 Å². The van der Waals surface area contributed by atoms with Gasteiger partial charge in [-0.1, -0.05) is 12.1 Å². The number of methoxy groups -OCH3 is 1. The molecule has 0 heterocycles. The summed E-state index contributed by atoms with van der Waals surface area (Å²) in [6, 6.07) is 2.82. The second-order valence-corrected chi connectivity index (χ2v) is 2.78. The average Bonchev–Trinajstić information content (AvgIpc) is 2.18.